The highest BCUT2D eigenvalue weighted by Crippen LogP contribution is 2.20. The zero-order valence-electron chi connectivity index (χ0n) is 10.8. The summed E-state index contributed by atoms with van der Waals surface area (Å²) >= 11 is 0. The lowest BCUT2D eigenvalue weighted by molar-refractivity contribution is 0.0928. The van der Waals surface area contributed by atoms with Gasteiger partial charge in [0.2, 0.25) is 0 Å². The molecular weight excluding hydrogens is 226 g/mol. The largest absolute Gasteiger partial charge is 0.349 e. The molecule has 0 unspecified atom stereocenters. The minimum atomic E-state index is -0.0325. The zero-order chi connectivity index (χ0) is 13.0. The molecule has 0 spiro atoms. The van der Waals surface area contributed by atoms with Crippen LogP contribution in [0.2, 0.25) is 0 Å². The monoisotopic (exact) mass is 247 g/mol. The van der Waals surface area contributed by atoms with Gasteiger partial charge in [-0.1, -0.05) is 25.3 Å². The van der Waals surface area contributed by atoms with Gasteiger partial charge in [-0.2, -0.15) is 0 Å². The smallest absolute Gasteiger partial charge is 0.253 e. The summed E-state index contributed by atoms with van der Waals surface area (Å²) in [5.74, 6) is 5.43. The third-order valence-corrected chi connectivity index (χ3v) is 3.52. The van der Waals surface area contributed by atoms with Crippen molar-refractivity contribution in [2.24, 2.45) is 5.84 Å². The summed E-state index contributed by atoms with van der Waals surface area (Å²) in [6.07, 6.45) is 5.88. The Balaban J connectivity index is 2.08. The zero-order valence-corrected chi connectivity index (χ0v) is 10.8. The SMILES string of the molecule is Cc1ccc(C(=O)NC2CCCCC2)c(NN)c1. The van der Waals surface area contributed by atoms with Crippen molar-refractivity contribution in [2.75, 3.05) is 5.43 Å². The molecule has 0 radical (unpaired) electrons. The van der Waals surface area contributed by atoms with Crippen molar-refractivity contribution in [2.45, 2.75) is 45.1 Å². The summed E-state index contributed by atoms with van der Waals surface area (Å²) < 4.78 is 0. The Hall–Kier alpha value is -1.55. The number of nitrogen functional groups attached to an aromatic ring is 1. The van der Waals surface area contributed by atoms with E-state index in [0.717, 1.165) is 18.4 Å². The van der Waals surface area contributed by atoms with Gasteiger partial charge in [0.1, 0.15) is 0 Å². The molecule has 0 heterocycles. The minimum absolute atomic E-state index is 0.0325. The van der Waals surface area contributed by atoms with Gasteiger partial charge in [-0.3, -0.25) is 10.6 Å². The van der Waals surface area contributed by atoms with E-state index in [9.17, 15) is 4.79 Å². The number of anilines is 1. The first kappa shape index (κ1) is 12.9. The van der Waals surface area contributed by atoms with Crippen molar-refractivity contribution in [1.82, 2.24) is 5.32 Å². The molecule has 1 aromatic carbocycles. The second-order valence-corrected chi connectivity index (χ2v) is 5.00. The molecule has 18 heavy (non-hydrogen) atoms. The average Bonchev–Trinajstić information content (AvgIpc) is 2.39. The van der Waals surface area contributed by atoms with Gasteiger partial charge in [-0.05, 0) is 37.5 Å². The molecule has 4 nitrogen and oxygen atoms in total. The molecular formula is C14H21N3O. The third-order valence-electron chi connectivity index (χ3n) is 3.52. The summed E-state index contributed by atoms with van der Waals surface area (Å²) in [7, 11) is 0. The van der Waals surface area contributed by atoms with Gasteiger partial charge in [-0.15, -0.1) is 0 Å². The fraction of sp³-hybridized carbons (Fsp3) is 0.500. The highest BCUT2D eigenvalue weighted by molar-refractivity contribution is 5.99. The predicted octanol–water partition coefficient (Wildman–Crippen LogP) is 2.34. The van der Waals surface area contributed by atoms with Gasteiger partial charge in [0.25, 0.3) is 5.91 Å². The predicted molar refractivity (Wildman–Crippen MR) is 73.3 cm³/mol. The van der Waals surface area contributed by atoms with Gasteiger partial charge < -0.3 is 10.7 Å². The molecule has 0 bridgehead atoms. The van der Waals surface area contributed by atoms with Crippen LogP contribution in [-0.4, -0.2) is 11.9 Å². The summed E-state index contributed by atoms with van der Waals surface area (Å²) in [5, 5.41) is 3.09. The van der Waals surface area contributed by atoms with Crippen LogP contribution in [0.5, 0.6) is 0 Å². The number of nitrogens with two attached hydrogens (primary N) is 1. The number of benzene rings is 1. The Morgan fingerprint density at radius 3 is 2.67 bits per heavy atom. The van der Waals surface area contributed by atoms with E-state index in [2.05, 4.69) is 10.7 Å². The molecule has 4 N–H and O–H groups in total. The van der Waals surface area contributed by atoms with E-state index in [1.54, 1.807) is 0 Å². The Morgan fingerprint density at radius 1 is 1.28 bits per heavy atom. The van der Waals surface area contributed by atoms with Crippen molar-refractivity contribution in [3.8, 4) is 0 Å². The van der Waals surface area contributed by atoms with Crippen LogP contribution in [0, 0.1) is 6.92 Å². The lowest BCUT2D eigenvalue weighted by Gasteiger charge is -2.23. The quantitative estimate of drug-likeness (QED) is 0.567. The van der Waals surface area contributed by atoms with Crippen molar-refractivity contribution < 1.29 is 4.79 Å². The molecule has 1 aromatic rings. The highest BCUT2D eigenvalue weighted by atomic mass is 16.1. The first-order chi connectivity index (χ1) is 8.70. The number of carbonyl (C=O) groups excluding carboxylic acids is 1. The Morgan fingerprint density at radius 2 is 2.00 bits per heavy atom. The molecule has 98 valence electrons. The highest BCUT2D eigenvalue weighted by Gasteiger charge is 2.18. The Kier molecular flexibility index (Phi) is 4.20. The second kappa shape index (κ2) is 5.87. The number of amides is 1. The van der Waals surface area contributed by atoms with E-state index in [1.165, 1.54) is 19.3 Å². The number of hydrogen-bond acceptors (Lipinski definition) is 3. The van der Waals surface area contributed by atoms with Crippen molar-refractivity contribution in [3.63, 3.8) is 0 Å². The van der Waals surface area contributed by atoms with Crippen LogP contribution in [-0.2, 0) is 0 Å². The average molecular weight is 247 g/mol. The maximum atomic E-state index is 12.2. The molecule has 1 fully saturated rings. The summed E-state index contributed by atoms with van der Waals surface area (Å²) in [5.41, 5.74) is 4.98. The molecule has 4 heteroatoms. The number of rotatable bonds is 3. The maximum Gasteiger partial charge on any atom is 0.253 e. The maximum absolute atomic E-state index is 12.2. The summed E-state index contributed by atoms with van der Waals surface area (Å²) in [6.45, 7) is 1.98. The Labute approximate surface area is 108 Å². The van der Waals surface area contributed by atoms with E-state index < -0.39 is 0 Å². The molecule has 1 aliphatic rings. The van der Waals surface area contributed by atoms with Crippen LogP contribution < -0.4 is 16.6 Å². The summed E-state index contributed by atoms with van der Waals surface area (Å²) in [4.78, 5) is 12.2. The number of hydrazine groups is 1. The normalized spacial score (nSPS) is 16.3. The van der Waals surface area contributed by atoms with Crippen LogP contribution in [0.25, 0.3) is 0 Å². The second-order valence-electron chi connectivity index (χ2n) is 5.00. The number of hydrogen-bond donors (Lipinski definition) is 3. The van der Waals surface area contributed by atoms with Crippen LogP contribution in [0.3, 0.4) is 0 Å². The molecule has 2 rings (SSSR count). The van der Waals surface area contributed by atoms with Gasteiger partial charge in [0.15, 0.2) is 0 Å². The van der Waals surface area contributed by atoms with Crippen LogP contribution in [0.1, 0.15) is 48.0 Å². The van der Waals surface area contributed by atoms with Crippen LogP contribution in [0.4, 0.5) is 5.69 Å². The fourth-order valence-corrected chi connectivity index (χ4v) is 2.49. The van der Waals surface area contributed by atoms with Crippen LogP contribution in [0.15, 0.2) is 18.2 Å². The molecule has 0 aromatic heterocycles. The van der Waals surface area contributed by atoms with Gasteiger partial charge in [0, 0.05) is 6.04 Å². The first-order valence-corrected chi connectivity index (χ1v) is 6.59. The molecule has 0 atom stereocenters. The lowest BCUT2D eigenvalue weighted by atomic mass is 9.95. The first-order valence-electron chi connectivity index (χ1n) is 6.59. The van der Waals surface area contributed by atoms with Crippen LogP contribution >= 0.6 is 0 Å². The van der Waals surface area contributed by atoms with Crippen molar-refractivity contribution in [3.05, 3.63) is 29.3 Å². The number of aryl methyl sites for hydroxylation is 1. The van der Waals surface area contributed by atoms with E-state index in [1.807, 2.05) is 25.1 Å². The van der Waals surface area contributed by atoms with E-state index in [0.29, 0.717) is 17.3 Å². The molecule has 0 aliphatic heterocycles. The third kappa shape index (κ3) is 3.01. The standard InChI is InChI=1S/C14H21N3O/c1-10-7-8-12(13(9-10)17-15)14(18)16-11-5-3-2-4-6-11/h7-9,11,17H,2-6,15H2,1H3,(H,16,18). The van der Waals surface area contributed by atoms with E-state index in [-0.39, 0.29) is 5.91 Å². The number of nitrogens with one attached hydrogen (secondary N) is 2. The van der Waals surface area contributed by atoms with Crippen molar-refractivity contribution in [1.29, 1.82) is 0 Å². The molecule has 0 saturated heterocycles. The molecule has 1 amide bonds. The topological polar surface area (TPSA) is 67.2 Å². The fourth-order valence-electron chi connectivity index (χ4n) is 2.49. The van der Waals surface area contributed by atoms with E-state index in [4.69, 9.17) is 5.84 Å². The van der Waals surface area contributed by atoms with Crippen molar-refractivity contribution >= 4 is 11.6 Å². The summed E-state index contributed by atoms with van der Waals surface area (Å²) in [6, 6.07) is 5.95. The van der Waals surface area contributed by atoms with Gasteiger partial charge in [-0.25, -0.2) is 0 Å². The number of carbonyl (C=O) groups is 1. The molecule has 1 aliphatic carbocycles. The van der Waals surface area contributed by atoms with E-state index >= 15 is 0 Å². The minimum Gasteiger partial charge on any atom is -0.349 e. The Bertz CT molecular complexity index is 425. The molecule has 1 saturated carbocycles. The lowest BCUT2D eigenvalue weighted by Crippen LogP contribution is -2.36. The van der Waals surface area contributed by atoms with Gasteiger partial charge in [0.05, 0.1) is 11.3 Å². The van der Waals surface area contributed by atoms with Gasteiger partial charge >= 0.3 is 0 Å².